The van der Waals surface area contributed by atoms with Crippen LogP contribution >= 0.6 is 0 Å². The Morgan fingerprint density at radius 3 is 2.81 bits per heavy atom. The maximum absolute atomic E-state index is 13.0. The lowest BCUT2D eigenvalue weighted by molar-refractivity contribution is -0.137. The van der Waals surface area contributed by atoms with E-state index in [1.807, 2.05) is 24.3 Å². The molecule has 1 N–H and O–H groups in total. The molecule has 134 valence electrons. The van der Waals surface area contributed by atoms with E-state index in [9.17, 15) is 18.0 Å². The second-order valence-electron chi connectivity index (χ2n) is 6.11. The summed E-state index contributed by atoms with van der Waals surface area (Å²) in [6.07, 6.45) is -2.62. The molecule has 2 heterocycles. The smallest absolute Gasteiger partial charge is 0.416 e. The number of nitrogens with zero attached hydrogens (tertiary/aromatic N) is 1. The maximum Gasteiger partial charge on any atom is 0.416 e. The highest BCUT2D eigenvalue weighted by Crippen LogP contribution is 2.38. The topological polar surface area (TPSA) is 45.3 Å². The maximum atomic E-state index is 13.0. The van der Waals surface area contributed by atoms with Gasteiger partial charge in [0.1, 0.15) is 12.4 Å². The number of para-hydroxylation sites is 1. The van der Waals surface area contributed by atoms with Crippen LogP contribution in [0.2, 0.25) is 0 Å². The Hall–Kier alpha value is -2.96. The van der Waals surface area contributed by atoms with Gasteiger partial charge in [-0.1, -0.05) is 18.2 Å². The van der Waals surface area contributed by atoms with Gasteiger partial charge in [0.2, 0.25) is 5.91 Å². The van der Waals surface area contributed by atoms with E-state index in [0.717, 1.165) is 28.6 Å². The molecule has 0 bridgehead atoms. The molecule has 0 atom stereocenters. The van der Waals surface area contributed by atoms with E-state index in [4.69, 9.17) is 4.74 Å². The Kier molecular flexibility index (Phi) is 3.86. The van der Waals surface area contributed by atoms with E-state index in [1.54, 1.807) is 6.20 Å². The van der Waals surface area contributed by atoms with Crippen molar-refractivity contribution in [3.8, 4) is 5.75 Å². The fourth-order valence-electron chi connectivity index (χ4n) is 3.19. The Balaban J connectivity index is 1.65. The minimum atomic E-state index is -4.47. The predicted octanol–water partition coefficient (Wildman–Crippen LogP) is 4.15. The van der Waals surface area contributed by atoms with Gasteiger partial charge >= 0.3 is 6.18 Å². The van der Waals surface area contributed by atoms with Crippen molar-refractivity contribution >= 4 is 22.5 Å². The average Bonchev–Trinajstić information content (AvgIpc) is 3.03. The van der Waals surface area contributed by atoms with E-state index in [-0.39, 0.29) is 36.9 Å². The summed E-state index contributed by atoms with van der Waals surface area (Å²) < 4.78 is 44.5. The number of carbonyl (C=O) groups is 1. The number of nitrogens with one attached hydrogen (secondary N) is 1. The van der Waals surface area contributed by atoms with Crippen LogP contribution in [0.3, 0.4) is 0 Å². The van der Waals surface area contributed by atoms with Crippen molar-refractivity contribution in [3.05, 3.63) is 59.8 Å². The van der Waals surface area contributed by atoms with Crippen LogP contribution in [0.4, 0.5) is 18.9 Å². The normalized spacial score (nSPS) is 14.2. The first-order valence-electron chi connectivity index (χ1n) is 8.13. The second-order valence-corrected chi connectivity index (χ2v) is 6.11. The standard InChI is InChI=1S/C19H15F3N2O2/c20-19(21,22)13-5-6-17-16(10-13)24(7-8-26-17)18(25)9-12-11-23-15-4-2-1-3-14(12)15/h1-6,10-11,23H,7-9H2. The number of amides is 1. The third-order valence-corrected chi connectivity index (χ3v) is 4.47. The minimum absolute atomic E-state index is 0.0969. The third kappa shape index (κ3) is 2.89. The quantitative estimate of drug-likeness (QED) is 0.746. The van der Waals surface area contributed by atoms with Crippen molar-refractivity contribution in [2.24, 2.45) is 0 Å². The van der Waals surface area contributed by atoms with Gasteiger partial charge in [-0.3, -0.25) is 4.79 Å². The number of alkyl halides is 3. The number of H-pyrrole nitrogens is 1. The molecule has 1 amide bonds. The molecule has 3 aromatic rings. The number of halogens is 3. The molecule has 1 aliphatic heterocycles. The average molecular weight is 360 g/mol. The molecule has 0 unspecified atom stereocenters. The number of rotatable bonds is 2. The Morgan fingerprint density at radius 2 is 2.00 bits per heavy atom. The highest BCUT2D eigenvalue weighted by molar-refractivity contribution is 5.99. The lowest BCUT2D eigenvalue weighted by atomic mass is 10.1. The van der Waals surface area contributed by atoms with E-state index in [0.29, 0.717) is 0 Å². The fourth-order valence-corrected chi connectivity index (χ4v) is 3.19. The first-order chi connectivity index (χ1) is 12.4. The summed E-state index contributed by atoms with van der Waals surface area (Å²) in [7, 11) is 0. The van der Waals surface area contributed by atoms with Gasteiger partial charge in [-0.15, -0.1) is 0 Å². The minimum Gasteiger partial charge on any atom is -0.490 e. The molecule has 1 aromatic heterocycles. The number of hydrogen-bond donors (Lipinski definition) is 1. The monoisotopic (exact) mass is 360 g/mol. The number of benzene rings is 2. The fraction of sp³-hybridized carbons (Fsp3) is 0.211. The number of fused-ring (bicyclic) bond motifs is 2. The number of aromatic nitrogens is 1. The van der Waals surface area contributed by atoms with E-state index in [2.05, 4.69) is 4.98 Å². The van der Waals surface area contributed by atoms with Gasteiger partial charge in [0.05, 0.1) is 24.2 Å². The van der Waals surface area contributed by atoms with Crippen LogP contribution in [-0.4, -0.2) is 24.0 Å². The lowest BCUT2D eigenvalue weighted by Crippen LogP contribution is -2.39. The zero-order valence-corrected chi connectivity index (χ0v) is 13.6. The van der Waals surface area contributed by atoms with Crippen LogP contribution in [-0.2, 0) is 17.4 Å². The molecule has 2 aromatic carbocycles. The van der Waals surface area contributed by atoms with E-state index < -0.39 is 11.7 Å². The van der Waals surface area contributed by atoms with Crippen molar-refractivity contribution < 1.29 is 22.7 Å². The van der Waals surface area contributed by atoms with Gasteiger partial charge in [-0.25, -0.2) is 0 Å². The molecule has 0 saturated heterocycles. The van der Waals surface area contributed by atoms with E-state index >= 15 is 0 Å². The predicted molar refractivity (Wildman–Crippen MR) is 91.3 cm³/mol. The third-order valence-electron chi connectivity index (χ3n) is 4.47. The largest absolute Gasteiger partial charge is 0.490 e. The summed E-state index contributed by atoms with van der Waals surface area (Å²) in [5.74, 6) is 0.0233. The second kappa shape index (κ2) is 6.09. The van der Waals surface area contributed by atoms with Crippen molar-refractivity contribution in [3.63, 3.8) is 0 Å². The molecule has 4 nitrogen and oxygen atoms in total. The summed E-state index contributed by atoms with van der Waals surface area (Å²) in [6.45, 7) is 0.466. The molecule has 0 spiro atoms. The van der Waals surface area contributed by atoms with Crippen LogP contribution in [0.5, 0.6) is 5.75 Å². The molecule has 0 saturated carbocycles. The van der Waals surface area contributed by atoms with Crippen LogP contribution in [0, 0.1) is 0 Å². The molecule has 0 fully saturated rings. The number of hydrogen-bond acceptors (Lipinski definition) is 2. The molecular formula is C19H15F3N2O2. The van der Waals surface area contributed by atoms with Crippen LogP contribution in [0.25, 0.3) is 10.9 Å². The molecule has 4 rings (SSSR count). The Bertz CT molecular complexity index is 978. The Labute approximate surface area is 147 Å². The molecule has 0 aliphatic carbocycles. The van der Waals surface area contributed by atoms with Crippen molar-refractivity contribution in [2.75, 3.05) is 18.1 Å². The summed E-state index contributed by atoms with van der Waals surface area (Å²) in [6, 6.07) is 10.8. The summed E-state index contributed by atoms with van der Waals surface area (Å²) >= 11 is 0. The van der Waals surface area contributed by atoms with Gasteiger partial charge < -0.3 is 14.6 Å². The van der Waals surface area contributed by atoms with Crippen LogP contribution < -0.4 is 9.64 Å². The van der Waals surface area contributed by atoms with Gasteiger partial charge in [0.25, 0.3) is 0 Å². The van der Waals surface area contributed by atoms with Gasteiger partial charge in [0.15, 0.2) is 0 Å². The lowest BCUT2D eigenvalue weighted by Gasteiger charge is -2.30. The molecular weight excluding hydrogens is 345 g/mol. The summed E-state index contributed by atoms with van der Waals surface area (Å²) in [4.78, 5) is 17.3. The van der Waals surface area contributed by atoms with Crippen LogP contribution in [0.15, 0.2) is 48.7 Å². The van der Waals surface area contributed by atoms with Gasteiger partial charge in [-0.05, 0) is 29.8 Å². The highest BCUT2D eigenvalue weighted by Gasteiger charge is 2.33. The number of carbonyl (C=O) groups excluding carboxylic acids is 1. The van der Waals surface area contributed by atoms with Crippen molar-refractivity contribution in [2.45, 2.75) is 12.6 Å². The number of aromatic amines is 1. The summed E-state index contributed by atoms with van der Waals surface area (Å²) in [5.41, 5.74) is 1.09. The number of anilines is 1. The summed E-state index contributed by atoms with van der Waals surface area (Å²) in [5, 5.41) is 0.929. The Morgan fingerprint density at radius 1 is 1.19 bits per heavy atom. The zero-order chi connectivity index (χ0) is 18.3. The van der Waals surface area contributed by atoms with Crippen molar-refractivity contribution in [1.29, 1.82) is 0 Å². The zero-order valence-electron chi connectivity index (χ0n) is 13.6. The first-order valence-corrected chi connectivity index (χ1v) is 8.13. The van der Waals surface area contributed by atoms with E-state index in [1.165, 1.54) is 11.0 Å². The van der Waals surface area contributed by atoms with Crippen LogP contribution in [0.1, 0.15) is 11.1 Å². The number of ether oxygens (including phenoxy) is 1. The molecule has 1 aliphatic rings. The van der Waals surface area contributed by atoms with Gasteiger partial charge in [0, 0.05) is 17.1 Å². The molecule has 26 heavy (non-hydrogen) atoms. The first kappa shape index (κ1) is 16.5. The SMILES string of the molecule is O=C(Cc1c[nH]c2ccccc12)N1CCOc2ccc(C(F)(F)F)cc21. The molecule has 7 heteroatoms. The molecule has 0 radical (unpaired) electrons. The van der Waals surface area contributed by atoms with Crippen molar-refractivity contribution in [1.82, 2.24) is 4.98 Å². The van der Waals surface area contributed by atoms with Gasteiger partial charge in [-0.2, -0.15) is 13.2 Å². The highest BCUT2D eigenvalue weighted by atomic mass is 19.4.